The standard InChI is InChI=1S/C13H24BrN3O2/c1-6-9-12(14)11(17(3)16-9)8-10(15-7-2)13(18-4)19-5/h10,13,15H,6-8H2,1-5H3. The van der Waals surface area contributed by atoms with Crippen LogP contribution in [-0.2, 0) is 29.4 Å². The normalized spacial score (nSPS) is 13.2. The molecule has 5 nitrogen and oxygen atoms in total. The summed E-state index contributed by atoms with van der Waals surface area (Å²) in [6, 6.07) is 0.0939. The molecule has 19 heavy (non-hydrogen) atoms. The van der Waals surface area contributed by atoms with Gasteiger partial charge < -0.3 is 14.8 Å². The average molecular weight is 334 g/mol. The number of hydrogen-bond acceptors (Lipinski definition) is 4. The van der Waals surface area contributed by atoms with Crippen LogP contribution in [0.5, 0.6) is 0 Å². The van der Waals surface area contributed by atoms with E-state index in [-0.39, 0.29) is 12.3 Å². The first-order chi connectivity index (χ1) is 9.08. The van der Waals surface area contributed by atoms with Crippen LogP contribution in [0.3, 0.4) is 0 Å². The van der Waals surface area contributed by atoms with Crippen molar-refractivity contribution in [2.75, 3.05) is 20.8 Å². The second-order valence-corrected chi connectivity index (χ2v) is 5.19. The SMILES string of the molecule is CCNC(Cc1c(Br)c(CC)nn1C)C(OC)OC. The monoisotopic (exact) mass is 333 g/mol. The Hall–Kier alpha value is -0.430. The van der Waals surface area contributed by atoms with Gasteiger partial charge in [-0.1, -0.05) is 13.8 Å². The minimum Gasteiger partial charge on any atom is -0.354 e. The third kappa shape index (κ3) is 4.02. The fourth-order valence-electron chi connectivity index (χ4n) is 2.20. The summed E-state index contributed by atoms with van der Waals surface area (Å²) in [6.45, 7) is 5.04. The lowest BCUT2D eigenvalue weighted by Crippen LogP contribution is -2.44. The van der Waals surface area contributed by atoms with Gasteiger partial charge in [0, 0.05) is 27.7 Å². The lowest BCUT2D eigenvalue weighted by Gasteiger charge is -2.25. The highest BCUT2D eigenvalue weighted by Crippen LogP contribution is 2.23. The van der Waals surface area contributed by atoms with E-state index >= 15 is 0 Å². The van der Waals surface area contributed by atoms with Crippen molar-refractivity contribution in [1.82, 2.24) is 15.1 Å². The molecule has 0 fully saturated rings. The molecule has 0 radical (unpaired) electrons. The van der Waals surface area contributed by atoms with Crippen LogP contribution in [0.15, 0.2) is 4.47 Å². The van der Waals surface area contributed by atoms with Gasteiger partial charge in [-0.05, 0) is 28.9 Å². The first-order valence-electron chi connectivity index (χ1n) is 6.58. The van der Waals surface area contributed by atoms with E-state index in [2.05, 4.69) is 40.2 Å². The quantitative estimate of drug-likeness (QED) is 0.738. The summed E-state index contributed by atoms with van der Waals surface area (Å²) >= 11 is 3.64. The predicted octanol–water partition coefficient (Wildman–Crippen LogP) is 1.88. The van der Waals surface area contributed by atoms with E-state index in [4.69, 9.17) is 9.47 Å². The molecule has 1 atom stereocenters. The molecule has 0 aliphatic rings. The Morgan fingerprint density at radius 3 is 2.37 bits per heavy atom. The number of aromatic nitrogens is 2. The molecule has 0 aliphatic heterocycles. The van der Waals surface area contributed by atoms with Crippen LogP contribution in [0.25, 0.3) is 0 Å². The van der Waals surface area contributed by atoms with Crippen molar-refractivity contribution in [2.24, 2.45) is 7.05 Å². The van der Waals surface area contributed by atoms with Crippen molar-refractivity contribution in [3.8, 4) is 0 Å². The molecule has 1 unspecified atom stereocenters. The molecule has 1 aromatic rings. The maximum absolute atomic E-state index is 5.37. The predicted molar refractivity (Wildman–Crippen MR) is 79.3 cm³/mol. The van der Waals surface area contributed by atoms with Gasteiger partial charge in [0.25, 0.3) is 0 Å². The number of halogens is 1. The fourth-order valence-corrected chi connectivity index (χ4v) is 2.98. The number of aryl methyl sites for hydroxylation is 2. The number of nitrogens with zero attached hydrogens (tertiary/aromatic N) is 2. The van der Waals surface area contributed by atoms with Gasteiger partial charge in [-0.3, -0.25) is 4.68 Å². The summed E-state index contributed by atoms with van der Waals surface area (Å²) < 4.78 is 13.8. The van der Waals surface area contributed by atoms with Crippen molar-refractivity contribution >= 4 is 15.9 Å². The van der Waals surface area contributed by atoms with Gasteiger partial charge in [0.1, 0.15) is 0 Å². The summed E-state index contributed by atoms with van der Waals surface area (Å²) in [4.78, 5) is 0. The molecular formula is C13H24BrN3O2. The minimum atomic E-state index is -0.271. The van der Waals surface area contributed by atoms with Crippen LogP contribution in [0, 0.1) is 0 Å². The van der Waals surface area contributed by atoms with E-state index in [0.29, 0.717) is 0 Å². The van der Waals surface area contributed by atoms with Gasteiger partial charge in [0.15, 0.2) is 6.29 Å². The second-order valence-electron chi connectivity index (χ2n) is 4.39. The lowest BCUT2D eigenvalue weighted by molar-refractivity contribution is -0.122. The van der Waals surface area contributed by atoms with E-state index < -0.39 is 0 Å². The van der Waals surface area contributed by atoms with Crippen molar-refractivity contribution in [3.05, 3.63) is 15.9 Å². The van der Waals surface area contributed by atoms with E-state index in [9.17, 15) is 0 Å². The largest absolute Gasteiger partial charge is 0.354 e. The summed E-state index contributed by atoms with van der Waals surface area (Å²) in [6.07, 6.45) is 1.44. The van der Waals surface area contributed by atoms with Gasteiger partial charge in [0.05, 0.1) is 21.9 Å². The fraction of sp³-hybridized carbons (Fsp3) is 0.769. The molecule has 0 saturated heterocycles. The lowest BCUT2D eigenvalue weighted by atomic mass is 10.1. The molecule has 0 bridgehead atoms. The highest BCUT2D eigenvalue weighted by Gasteiger charge is 2.24. The Bertz CT molecular complexity index is 391. The highest BCUT2D eigenvalue weighted by atomic mass is 79.9. The summed E-state index contributed by atoms with van der Waals surface area (Å²) in [5, 5.41) is 7.92. The minimum absolute atomic E-state index is 0.0939. The Labute approximate surface area is 123 Å². The average Bonchev–Trinajstić information content (AvgIpc) is 2.67. The molecule has 0 aliphatic carbocycles. The van der Waals surface area contributed by atoms with Gasteiger partial charge >= 0.3 is 0 Å². The van der Waals surface area contributed by atoms with Crippen molar-refractivity contribution < 1.29 is 9.47 Å². The van der Waals surface area contributed by atoms with E-state index in [1.165, 1.54) is 0 Å². The Morgan fingerprint density at radius 2 is 1.95 bits per heavy atom. The van der Waals surface area contributed by atoms with Gasteiger partial charge in [-0.25, -0.2) is 0 Å². The number of methoxy groups -OCH3 is 2. The second kappa shape index (κ2) is 7.99. The summed E-state index contributed by atoms with van der Waals surface area (Å²) in [7, 11) is 5.29. The zero-order valence-electron chi connectivity index (χ0n) is 12.4. The van der Waals surface area contributed by atoms with Crippen molar-refractivity contribution in [2.45, 2.75) is 39.0 Å². The number of rotatable bonds is 8. The molecule has 0 saturated carbocycles. The van der Waals surface area contributed by atoms with Gasteiger partial charge in [-0.15, -0.1) is 0 Å². The third-order valence-corrected chi connectivity index (χ3v) is 4.09. The molecule has 1 aromatic heterocycles. The maximum Gasteiger partial charge on any atom is 0.172 e. The highest BCUT2D eigenvalue weighted by molar-refractivity contribution is 9.10. The third-order valence-electron chi connectivity index (χ3n) is 3.18. The van der Waals surface area contributed by atoms with Crippen LogP contribution < -0.4 is 5.32 Å². The molecule has 1 rings (SSSR count). The van der Waals surface area contributed by atoms with Crippen LogP contribution in [0.4, 0.5) is 0 Å². The number of ether oxygens (including phenoxy) is 2. The topological polar surface area (TPSA) is 48.3 Å². The molecule has 0 amide bonds. The molecule has 110 valence electrons. The maximum atomic E-state index is 5.37. The molecule has 0 aromatic carbocycles. The number of nitrogens with one attached hydrogen (secondary N) is 1. The van der Waals surface area contributed by atoms with Crippen LogP contribution in [0.1, 0.15) is 25.2 Å². The molecular weight excluding hydrogens is 310 g/mol. The van der Waals surface area contributed by atoms with E-state index in [0.717, 1.165) is 35.2 Å². The van der Waals surface area contributed by atoms with Crippen molar-refractivity contribution in [3.63, 3.8) is 0 Å². The zero-order chi connectivity index (χ0) is 14.4. The van der Waals surface area contributed by atoms with Crippen LogP contribution in [0.2, 0.25) is 0 Å². The van der Waals surface area contributed by atoms with Gasteiger partial charge in [0.2, 0.25) is 0 Å². The number of likely N-dealkylation sites (N-methyl/N-ethyl adjacent to an activating group) is 1. The van der Waals surface area contributed by atoms with Crippen LogP contribution in [-0.4, -0.2) is 42.9 Å². The molecule has 6 heteroatoms. The Balaban J connectivity index is 2.92. The summed E-state index contributed by atoms with van der Waals surface area (Å²) in [5.74, 6) is 0. The summed E-state index contributed by atoms with van der Waals surface area (Å²) in [5.41, 5.74) is 2.24. The van der Waals surface area contributed by atoms with Crippen molar-refractivity contribution in [1.29, 1.82) is 0 Å². The number of hydrogen-bond donors (Lipinski definition) is 1. The van der Waals surface area contributed by atoms with E-state index in [1.807, 2.05) is 11.7 Å². The molecule has 1 heterocycles. The Kier molecular flexibility index (Phi) is 6.99. The smallest absolute Gasteiger partial charge is 0.172 e. The molecule has 1 N–H and O–H groups in total. The van der Waals surface area contributed by atoms with Crippen LogP contribution >= 0.6 is 15.9 Å². The zero-order valence-corrected chi connectivity index (χ0v) is 14.0. The first-order valence-corrected chi connectivity index (χ1v) is 7.37. The first kappa shape index (κ1) is 16.6. The van der Waals surface area contributed by atoms with E-state index in [1.54, 1.807) is 14.2 Å². The molecule has 0 spiro atoms. The van der Waals surface area contributed by atoms with Gasteiger partial charge in [-0.2, -0.15) is 5.10 Å². The Morgan fingerprint density at radius 1 is 1.32 bits per heavy atom.